The molecular formula is C27H24Cl2N4O2S. The molecule has 2 N–H and O–H groups in total. The van der Waals surface area contributed by atoms with E-state index in [1.54, 1.807) is 18.2 Å². The molecule has 1 fully saturated rings. The molecule has 184 valence electrons. The molecule has 1 saturated heterocycles. The number of benzene rings is 3. The van der Waals surface area contributed by atoms with Gasteiger partial charge in [-0.3, -0.25) is 14.9 Å². The van der Waals surface area contributed by atoms with Gasteiger partial charge in [0.05, 0.1) is 10.0 Å². The van der Waals surface area contributed by atoms with Gasteiger partial charge in [-0.2, -0.15) is 0 Å². The van der Waals surface area contributed by atoms with E-state index in [2.05, 4.69) is 15.5 Å². The third kappa shape index (κ3) is 6.85. The Hall–Kier alpha value is -3.39. The van der Waals surface area contributed by atoms with Crippen LogP contribution in [0.5, 0.6) is 0 Å². The van der Waals surface area contributed by atoms with Crippen LogP contribution in [-0.2, 0) is 4.79 Å². The molecule has 4 rings (SSSR count). The van der Waals surface area contributed by atoms with E-state index in [0.29, 0.717) is 28.7 Å². The van der Waals surface area contributed by atoms with Crippen LogP contribution in [0, 0.1) is 0 Å². The average molecular weight is 539 g/mol. The Morgan fingerprint density at radius 1 is 0.861 bits per heavy atom. The monoisotopic (exact) mass is 538 g/mol. The Kier molecular flexibility index (Phi) is 8.59. The molecule has 1 heterocycles. The highest BCUT2D eigenvalue weighted by atomic mass is 35.5. The van der Waals surface area contributed by atoms with E-state index < -0.39 is 0 Å². The van der Waals surface area contributed by atoms with Gasteiger partial charge in [0.1, 0.15) is 0 Å². The molecule has 0 unspecified atom stereocenters. The molecule has 6 nitrogen and oxygen atoms in total. The van der Waals surface area contributed by atoms with Crippen LogP contribution in [0.25, 0.3) is 6.08 Å². The van der Waals surface area contributed by atoms with Crippen LogP contribution in [0.1, 0.15) is 15.9 Å². The van der Waals surface area contributed by atoms with E-state index in [0.717, 1.165) is 30.0 Å². The van der Waals surface area contributed by atoms with Gasteiger partial charge in [-0.05, 0) is 66.3 Å². The first-order valence-electron chi connectivity index (χ1n) is 11.3. The zero-order chi connectivity index (χ0) is 25.5. The first-order chi connectivity index (χ1) is 17.4. The number of thiocarbonyl (C=S) groups is 1. The molecule has 3 aromatic carbocycles. The van der Waals surface area contributed by atoms with Crippen molar-refractivity contribution in [2.45, 2.75) is 0 Å². The largest absolute Gasteiger partial charge is 0.368 e. The summed E-state index contributed by atoms with van der Waals surface area (Å²) in [5.41, 5.74) is 3.17. The molecule has 1 aliphatic rings. The van der Waals surface area contributed by atoms with Gasteiger partial charge in [-0.25, -0.2) is 0 Å². The van der Waals surface area contributed by atoms with Crippen LogP contribution in [0.4, 0.5) is 11.4 Å². The molecule has 0 spiro atoms. The molecule has 0 aliphatic carbocycles. The first-order valence-corrected chi connectivity index (χ1v) is 12.5. The van der Waals surface area contributed by atoms with Crippen LogP contribution in [0.15, 0.2) is 78.9 Å². The number of carbonyl (C=O) groups excluding carboxylic acids is 2. The van der Waals surface area contributed by atoms with E-state index in [1.165, 1.54) is 6.07 Å². The second kappa shape index (κ2) is 12.0. The minimum atomic E-state index is -0.381. The van der Waals surface area contributed by atoms with Crippen molar-refractivity contribution in [1.29, 1.82) is 0 Å². The summed E-state index contributed by atoms with van der Waals surface area (Å²) in [4.78, 5) is 29.0. The maximum Gasteiger partial charge on any atom is 0.257 e. The van der Waals surface area contributed by atoms with Crippen molar-refractivity contribution in [2.75, 3.05) is 36.4 Å². The van der Waals surface area contributed by atoms with Gasteiger partial charge >= 0.3 is 0 Å². The summed E-state index contributed by atoms with van der Waals surface area (Å²) in [5.74, 6) is -0.358. The fourth-order valence-corrected chi connectivity index (χ4v) is 4.26. The summed E-state index contributed by atoms with van der Waals surface area (Å²) in [6.07, 6.45) is 3.48. The van der Waals surface area contributed by atoms with Crippen LogP contribution < -0.4 is 15.5 Å². The topological polar surface area (TPSA) is 64.7 Å². The van der Waals surface area contributed by atoms with Gasteiger partial charge in [0.2, 0.25) is 5.91 Å². The van der Waals surface area contributed by atoms with Crippen LogP contribution in [0.3, 0.4) is 0 Å². The second-order valence-corrected chi connectivity index (χ2v) is 9.36. The number of carbonyl (C=O) groups is 2. The molecule has 3 aromatic rings. The Bertz CT molecular complexity index is 1270. The lowest BCUT2D eigenvalue weighted by molar-refractivity contribution is -0.126. The van der Waals surface area contributed by atoms with E-state index >= 15 is 0 Å². The van der Waals surface area contributed by atoms with Gasteiger partial charge in [0, 0.05) is 49.2 Å². The predicted molar refractivity (Wildman–Crippen MR) is 151 cm³/mol. The van der Waals surface area contributed by atoms with Crippen molar-refractivity contribution in [1.82, 2.24) is 10.2 Å². The lowest BCUT2D eigenvalue weighted by atomic mass is 10.2. The van der Waals surface area contributed by atoms with E-state index in [1.807, 2.05) is 65.6 Å². The molecule has 0 radical (unpaired) electrons. The Morgan fingerprint density at radius 2 is 1.56 bits per heavy atom. The highest BCUT2D eigenvalue weighted by Gasteiger charge is 2.20. The second-order valence-electron chi connectivity index (χ2n) is 8.14. The SMILES string of the molecule is O=C(NC(=S)Nc1ccc(N2CCN(C(=O)/C=C/c3ccccc3)CC2)cc1)c1ccc(Cl)c(Cl)c1. The molecule has 9 heteroatoms. The molecule has 0 bridgehead atoms. The van der Waals surface area contributed by atoms with E-state index in [9.17, 15) is 9.59 Å². The number of nitrogens with one attached hydrogen (secondary N) is 2. The third-order valence-electron chi connectivity index (χ3n) is 5.71. The van der Waals surface area contributed by atoms with Gasteiger partial charge in [0.25, 0.3) is 5.91 Å². The zero-order valence-corrected chi connectivity index (χ0v) is 21.6. The van der Waals surface area contributed by atoms with Gasteiger partial charge in [0.15, 0.2) is 5.11 Å². The summed E-state index contributed by atoms with van der Waals surface area (Å²) in [7, 11) is 0. The summed E-state index contributed by atoms with van der Waals surface area (Å²) in [6, 6.07) is 22.2. The standard InChI is InChI=1S/C27H24Cl2N4O2S/c28-23-12-7-20(18-24(23)29)26(35)31-27(36)30-21-8-10-22(11-9-21)32-14-16-33(17-15-32)25(34)13-6-19-4-2-1-3-5-19/h1-13,18H,14-17H2,(H2,30,31,35,36)/b13-6+. The molecule has 2 amide bonds. The van der Waals surface area contributed by atoms with Crippen molar-refractivity contribution in [2.24, 2.45) is 0 Å². The van der Waals surface area contributed by atoms with Gasteiger partial charge in [-0.15, -0.1) is 0 Å². The number of hydrogen-bond acceptors (Lipinski definition) is 4. The molecule has 0 aromatic heterocycles. The highest BCUT2D eigenvalue weighted by Crippen LogP contribution is 2.23. The lowest BCUT2D eigenvalue weighted by Crippen LogP contribution is -2.48. The number of piperazine rings is 1. The molecular weight excluding hydrogens is 515 g/mol. The Labute approximate surface area is 225 Å². The fourth-order valence-electron chi connectivity index (χ4n) is 3.75. The smallest absolute Gasteiger partial charge is 0.257 e. The number of halogens is 2. The molecule has 0 saturated carbocycles. The van der Waals surface area contributed by atoms with Crippen molar-refractivity contribution in [3.63, 3.8) is 0 Å². The van der Waals surface area contributed by atoms with Crippen molar-refractivity contribution in [3.05, 3.63) is 100 Å². The van der Waals surface area contributed by atoms with Gasteiger partial charge in [-0.1, -0.05) is 53.5 Å². The van der Waals surface area contributed by atoms with Crippen molar-refractivity contribution < 1.29 is 9.59 Å². The molecule has 1 aliphatic heterocycles. The minimum absolute atomic E-state index is 0.0227. The highest BCUT2D eigenvalue weighted by molar-refractivity contribution is 7.80. The minimum Gasteiger partial charge on any atom is -0.368 e. The van der Waals surface area contributed by atoms with Crippen molar-refractivity contribution in [3.8, 4) is 0 Å². The lowest BCUT2D eigenvalue weighted by Gasteiger charge is -2.35. The van der Waals surface area contributed by atoms with Crippen LogP contribution in [-0.4, -0.2) is 48.0 Å². The van der Waals surface area contributed by atoms with Crippen molar-refractivity contribution >= 4 is 69.8 Å². The normalized spacial score (nSPS) is 13.5. The molecule has 0 atom stereocenters. The summed E-state index contributed by atoms with van der Waals surface area (Å²) >= 11 is 17.1. The van der Waals surface area contributed by atoms with E-state index in [4.69, 9.17) is 35.4 Å². The summed E-state index contributed by atoms with van der Waals surface area (Å²) in [5, 5.41) is 6.49. The quantitative estimate of drug-likeness (QED) is 0.332. The van der Waals surface area contributed by atoms with E-state index in [-0.39, 0.29) is 16.9 Å². The van der Waals surface area contributed by atoms with Crippen LogP contribution >= 0.6 is 35.4 Å². The number of amides is 2. The molecule has 36 heavy (non-hydrogen) atoms. The fraction of sp³-hybridized carbons (Fsp3) is 0.148. The zero-order valence-electron chi connectivity index (χ0n) is 19.3. The van der Waals surface area contributed by atoms with Crippen LogP contribution in [0.2, 0.25) is 10.0 Å². The average Bonchev–Trinajstić information content (AvgIpc) is 2.90. The maximum atomic E-state index is 12.5. The Morgan fingerprint density at radius 3 is 2.22 bits per heavy atom. The third-order valence-corrected chi connectivity index (χ3v) is 6.65. The number of rotatable bonds is 5. The summed E-state index contributed by atoms with van der Waals surface area (Å²) in [6.45, 7) is 2.80. The predicted octanol–water partition coefficient (Wildman–Crippen LogP) is 5.48. The first kappa shape index (κ1) is 25.7. The summed E-state index contributed by atoms with van der Waals surface area (Å²) < 4.78 is 0. The number of nitrogens with zero attached hydrogens (tertiary/aromatic N) is 2. The number of hydrogen-bond donors (Lipinski definition) is 2. The maximum absolute atomic E-state index is 12.5. The Balaban J connectivity index is 1.25. The van der Waals surface area contributed by atoms with Gasteiger partial charge < -0.3 is 15.1 Å². The number of anilines is 2.